The lowest BCUT2D eigenvalue weighted by Gasteiger charge is -2.05. The molecule has 1 aliphatic carbocycles. The Labute approximate surface area is 172 Å². The highest BCUT2D eigenvalue weighted by Crippen LogP contribution is 2.45. The fraction of sp³-hybridized carbons (Fsp3) is 0.760. The topological polar surface area (TPSA) is 39.2 Å². The van der Waals surface area contributed by atoms with Gasteiger partial charge in [0.05, 0.1) is 0 Å². The standard InChI is InChI=1S/C25H41NO2/c1-2-3-4-5-7-10-15-23-19-24(23)16-11-8-6-9-12-17-25(27)28-21-22-14-13-18-26-20-22/h13-14,18,20,23-24H,2-12,15-17,19,21H2,1H3. The predicted octanol–water partition coefficient (Wildman–Crippen LogP) is 7.24. The Morgan fingerprint density at radius 2 is 1.61 bits per heavy atom. The number of carbonyl (C=O) groups excluding carboxylic acids is 1. The Kier molecular flexibility index (Phi) is 11.9. The SMILES string of the molecule is CCCCCCCCC1CC1CCCCCCCC(=O)OCc1cccnc1. The van der Waals surface area contributed by atoms with E-state index in [-0.39, 0.29) is 5.97 Å². The third kappa shape index (κ3) is 10.8. The minimum Gasteiger partial charge on any atom is -0.461 e. The summed E-state index contributed by atoms with van der Waals surface area (Å²) >= 11 is 0. The van der Waals surface area contributed by atoms with Gasteiger partial charge in [-0.25, -0.2) is 0 Å². The molecule has 1 aromatic rings. The summed E-state index contributed by atoms with van der Waals surface area (Å²) in [6.07, 6.45) is 23.1. The van der Waals surface area contributed by atoms with Crippen molar-refractivity contribution in [2.75, 3.05) is 0 Å². The number of unbranched alkanes of at least 4 members (excludes halogenated alkanes) is 9. The molecular formula is C25H41NO2. The van der Waals surface area contributed by atoms with E-state index in [1.807, 2.05) is 12.1 Å². The van der Waals surface area contributed by atoms with Crippen LogP contribution in [-0.4, -0.2) is 11.0 Å². The van der Waals surface area contributed by atoms with Crippen molar-refractivity contribution in [3.05, 3.63) is 30.1 Å². The molecule has 0 spiro atoms. The molecule has 1 aromatic heterocycles. The van der Waals surface area contributed by atoms with Crippen molar-refractivity contribution in [2.45, 2.75) is 110 Å². The first-order valence-electron chi connectivity index (χ1n) is 11.8. The van der Waals surface area contributed by atoms with Crippen LogP contribution in [0.2, 0.25) is 0 Å². The molecule has 0 aromatic carbocycles. The van der Waals surface area contributed by atoms with Gasteiger partial charge in [-0.3, -0.25) is 9.78 Å². The van der Waals surface area contributed by atoms with Crippen molar-refractivity contribution in [3.8, 4) is 0 Å². The number of nitrogens with zero attached hydrogens (tertiary/aromatic N) is 1. The molecule has 28 heavy (non-hydrogen) atoms. The molecule has 0 aliphatic heterocycles. The number of rotatable bonds is 17. The molecule has 0 amide bonds. The first kappa shape index (κ1) is 22.9. The van der Waals surface area contributed by atoms with E-state index in [4.69, 9.17) is 4.74 Å². The molecule has 158 valence electrons. The summed E-state index contributed by atoms with van der Waals surface area (Å²) in [5, 5.41) is 0. The molecule has 1 saturated carbocycles. The highest BCUT2D eigenvalue weighted by molar-refractivity contribution is 5.69. The number of carbonyl (C=O) groups is 1. The molecule has 2 rings (SSSR count). The molecule has 2 atom stereocenters. The number of hydrogen-bond donors (Lipinski definition) is 0. The summed E-state index contributed by atoms with van der Waals surface area (Å²) in [5.41, 5.74) is 0.950. The van der Waals surface area contributed by atoms with Crippen LogP contribution in [0.1, 0.15) is 109 Å². The fourth-order valence-corrected chi connectivity index (χ4v) is 4.13. The lowest BCUT2D eigenvalue weighted by Crippen LogP contribution is -2.04. The normalized spacial score (nSPS) is 18.2. The van der Waals surface area contributed by atoms with Gasteiger partial charge in [0.2, 0.25) is 0 Å². The molecule has 1 fully saturated rings. The zero-order valence-corrected chi connectivity index (χ0v) is 18.0. The summed E-state index contributed by atoms with van der Waals surface area (Å²) in [7, 11) is 0. The second-order valence-electron chi connectivity index (χ2n) is 8.64. The Balaban J connectivity index is 1.32. The van der Waals surface area contributed by atoms with E-state index in [1.165, 1.54) is 77.0 Å². The van der Waals surface area contributed by atoms with Crippen molar-refractivity contribution in [1.82, 2.24) is 4.98 Å². The maximum Gasteiger partial charge on any atom is 0.306 e. The first-order chi connectivity index (χ1) is 13.8. The molecule has 0 radical (unpaired) electrons. The van der Waals surface area contributed by atoms with Crippen molar-refractivity contribution in [3.63, 3.8) is 0 Å². The van der Waals surface area contributed by atoms with Gasteiger partial charge < -0.3 is 4.74 Å². The Morgan fingerprint density at radius 1 is 0.964 bits per heavy atom. The molecule has 3 heteroatoms. The second-order valence-corrected chi connectivity index (χ2v) is 8.64. The van der Waals surface area contributed by atoms with E-state index in [0.717, 1.165) is 30.2 Å². The highest BCUT2D eigenvalue weighted by Gasteiger charge is 2.34. The molecule has 1 aliphatic rings. The molecule has 0 N–H and O–H groups in total. The summed E-state index contributed by atoms with van der Waals surface area (Å²) < 4.78 is 5.29. The van der Waals surface area contributed by atoms with E-state index >= 15 is 0 Å². The quantitative estimate of drug-likeness (QED) is 0.209. The van der Waals surface area contributed by atoms with E-state index in [0.29, 0.717) is 13.0 Å². The van der Waals surface area contributed by atoms with Crippen molar-refractivity contribution in [1.29, 1.82) is 0 Å². The van der Waals surface area contributed by atoms with Gasteiger partial charge >= 0.3 is 5.97 Å². The Hall–Kier alpha value is -1.38. The van der Waals surface area contributed by atoms with Crippen LogP contribution < -0.4 is 0 Å². The van der Waals surface area contributed by atoms with Gasteiger partial charge in [-0.05, 0) is 30.7 Å². The van der Waals surface area contributed by atoms with Gasteiger partial charge in [-0.1, -0.05) is 90.0 Å². The van der Waals surface area contributed by atoms with Gasteiger partial charge in [0.15, 0.2) is 0 Å². The molecule has 0 bridgehead atoms. The average Bonchev–Trinajstić information content (AvgIpc) is 3.47. The average molecular weight is 388 g/mol. The summed E-state index contributed by atoms with van der Waals surface area (Å²) in [6.45, 7) is 2.63. The number of esters is 1. The van der Waals surface area contributed by atoms with E-state index in [9.17, 15) is 4.79 Å². The number of aromatic nitrogens is 1. The molecule has 3 nitrogen and oxygen atoms in total. The summed E-state index contributed by atoms with van der Waals surface area (Å²) in [5.74, 6) is 2.01. The van der Waals surface area contributed by atoms with Gasteiger partial charge in [0.1, 0.15) is 6.61 Å². The van der Waals surface area contributed by atoms with Gasteiger partial charge in [0.25, 0.3) is 0 Å². The lowest BCUT2D eigenvalue weighted by molar-refractivity contribution is -0.145. The maximum absolute atomic E-state index is 11.8. The minimum absolute atomic E-state index is 0.0839. The third-order valence-electron chi connectivity index (χ3n) is 6.08. The van der Waals surface area contributed by atoms with Crippen LogP contribution in [0.25, 0.3) is 0 Å². The monoisotopic (exact) mass is 387 g/mol. The van der Waals surface area contributed by atoms with E-state index < -0.39 is 0 Å². The van der Waals surface area contributed by atoms with Crippen molar-refractivity contribution >= 4 is 5.97 Å². The zero-order valence-electron chi connectivity index (χ0n) is 18.0. The zero-order chi connectivity index (χ0) is 19.9. The number of pyridine rings is 1. The van der Waals surface area contributed by atoms with Crippen LogP contribution in [0.4, 0.5) is 0 Å². The minimum atomic E-state index is -0.0839. The van der Waals surface area contributed by atoms with Gasteiger partial charge in [0, 0.05) is 24.4 Å². The van der Waals surface area contributed by atoms with Crippen LogP contribution in [0.3, 0.4) is 0 Å². The fourth-order valence-electron chi connectivity index (χ4n) is 4.13. The first-order valence-corrected chi connectivity index (χ1v) is 11.8. The third-order valence-corrected chi connectivity index (χ3v) is 6.08. The van der Waals surface area contributed by atoms with E-state index in [2.05, 4.69) is 11.9 Å². The number of ether oxygens (including phenoxy) is 1. The summed E-state index contributed by atoms with van der Waals surface area (Å²) in [4.78, 5) is 15.8. The van der Waals surface area contributed by atoms with Crippen LogP contribution in [0, 0.1) is 11.8 Å². The van der Waals surface area contributed by atoms with Crippen LogP contribution in [-0.2, 0) is 16.1 Å². The second kappa shape index (κ2) is 14.6. The van der Waals surface area contributed by atoms with Gasteiger partial charge in [-0.2, -0.15) is 0 Å². The Bertz CT molecular complexity index is 517. The highest BCUT2D eigenvalue weighted by atomic mass is 16.5. The largest absolute Gasteiger partial charge is 0.461 e. The van der Waals surface area contributed by atoms with E-state index in [1.54, 1.807) is 12.4 Å². The van der Waals surface area contributed by atoms with Crippen molar-refractivity contribution in [2.24, 2.45) is 11.8 Å². The Morgan fingerprint density at radius 3 is 2.25 bits per heavy atom. The van der Waals surface area contributed by atoms with Gasteiger partial charge in [-0.15, -0.1) is 0 Å². The molecular weight excluding hydrogens is 346 g/mol. The van der Waals surface area contributed by atoms with Crippen LogP contribution in [0.5, 0.6) is 0 Å². The number of hydrogen-bond acceptors (Lipinski definition) is 3. The van der Waals surface area contributed by atoms with Crippen LogP contribution >= 0.6 is 0 Å². The lowest BCUT2D eigenvalue weighted by atomic mass is 10.0. The van der Waals surface area contributed by atoms with Crippen molar-refractivity contribution < 1.29 is 9.53 Å². The molecule has 0 saturated heterocycles. The smallest absolute Gasteiger partial charge is 0.306 e. The molecule has 1 heterocycles. The van der Waals surface area contributed by atoms with Crippen LogP contribution in [0.15, 0.2) is 24.5 Å². The molecule has 2 unspecified atom stereocenters. The maximum atomic E-state index is 11.8. The summed E-state index contributed by atoms with van der Waals surface area (Å²) in [6, 6.07) is 3.79. The predicted molar refractivity (Wildman–Crippen MR) is 116 cm³/mol.